The molecule has 0 aliphatic heterocycles. The van der Waals surface area contributed by atoms with Crippen LogP contribution < -0.4 is 10.6 Å². The summed E-state index contributed by atoms with van der Waals surface area (Å²) in [6.45, 7) is -0.315. The highest BCUT2D eigenvalue weighted by Crippen LogP contribution is 2.24. The Morgan fingerprint density at radius 2 is 1.58 bits per heavy atom. The highest BCUT2D eigenvalue weighted by molar-refractivity contribution is 6.36. The number of imide groups is 1. The fraction of sp³-hybridized carbons (Fsp3) is 0.167. The summed E-state index contributed by atoms with van der Waals surface area (Å²) in [6, 6.07) is 13.4. The zero-order valence-electron chi connectivity index (χ0n) is 13.6. The first-order chi connectivity index (χ1) is 12.5. The number of hydrogen-bond donors (Lipinski definition) is 2. The van der Waals surface area contributed by atoms with Gasteiger partial charge in [-0.2, -0.15) is 0 Å². The number of benzene rings is 2. The van der Waals surface area contributed by atoms with Crippen LogP contribution in [0.25, 0.3) is 0 Å². The molecular weight excluding hydrogens is 379 g/mol. The quantitative estimate of drug-likeness (QED) is 0.737. The third-order valence-corrected chi connectivity index (χ3v) is 4.00. The molecule has 2 N–H and O–H groups in total. The number of esters is 1. The van der Waals surface area contributed by atoms with Crippen molar-refractivity contribution in [3.05, 3.63) is 69.7 Å². The number of urea groups is 1. The molecule has 0 fully saturated rings. The van der Waals surface area contributed by atoms with E-state index < -0.39 is 24.5 Å². The summed E-state index contributed by atoms with van der Waals surface area (Å²) in [6.07, 6.45) is -0.175. The average Bonchev–Trinajstić information content (AvgIpc) is 2.62. The van der Waals surface area contributed by atoms with Crippen molar-refractivity contribution in [2.24, 2.45) is 0 Å². The molecule has 0 spiro atoms. The first-order valence-electron chi connectivity index (χ1n) is 7.66. The number of amides is 3. The second kappa shape index (κ2) is 9.79. The van der Waals surface area contributed by atoms with Crippen molar-refractivity contribution in [2.45, 2.75) is 13.0 Å². The molecule has 0 aliphatic carbocycles. The molecular formula is C18H16Cl2N2O4. The normalized spacial score (nSPS) is 10.1. The Morgan fingerprint density at radius 1 is 0.923 bits per heavy atom. The van der Waals surface area contributed by atoms with Gasteiger partial charge in [0.1, 0.15) is 0 Å². The Morgan fingerprint density at radius 3 is 2.23 bits per heavy atom. The lowest BCUT2D eigenvalue weighted by molar-refractivity contribution is -0.147. The molecule has 3 amide bonds. The minimum atomic E-state index is -0.742. The van der Waals surface area contributed by atoms with Crippen molar-refractivity contribution in [3.63, 3.8) is 0 Å². The number of nitrogens with one attached hydrogen (secondary N) is 2. The van der Waals surface area contributed by atoms with Crippen LogP contribution in [0.15, 0.2) is 48.5 Å². The Hall–Kier alpha value is -2.57. The van der Waals surface area contributed by atoms with Crippen molar-refractivity contribution in [2.75, 3.05) is 6.61 Å². The molecule has 0 atom stereocenters. The van der Waals surface area contributed by atoms with E-state index in [0.717, 1.165) is 5.56 Å². The minimum absolute atomic E-state index is 0.175. The predicted molar refractivity (Wildman–Crippen MR) is 97.9 cm³/mol. The fourth-order valence-corrected chi connectivity index (χ4v) is 2.56. The van der Waals surface area contributed by atoms with E-state index in [4.69, 9.17) is 27.9 Å². The summed E-state index contributed by atoms with van der Waals surface area (Å²) in [7, 11) is 0. The van der Waals surface area contributed by atoms with Gasteiger partial charge in [0.2, 0.25) is 0 Å². The van der Waals surface area contributed by atoms with Gasteiger partial charge in [-0.1, -0.05) is 59.6 Å². The van der Waals surface area contributed by atoms with Crippen LogP contribution >= 0.6 is 23.2 Å². The van der Waals surface area contributed by atoms with Gasteiger partial charge >= 0.3 is 12.0 Å². The van der Waals surface area contributed by atoms with Crippen molar-refractivity contribution >= 4 is 41.1 Å². The van der Waals surface area contributed by atoms with E-state index in [-0.39, 0.29) is 13.0 Å². The van der Waals surface area contributed by atoms with Crippen LogP contribution in [0.4, 0.5) is 4.79 Å². The van der Waals surface area contributed by atoms with Crippen molar-refractivity contribution in [3.8, 4) is 0 Å². The third kappa shape index (κ3) is 6.38. The number of ether oxygens (including phenoxy) is 1. The molecule has 0 aliphatic rings. The number of hydrogen-bond acceptors (Lipinski definition) is 4. The maximum absolute atomic E-state index is 11.8. The molecule has 0 bridgehead atoms. The van der Waals surface area contributed by atoms with Gasteiger partial charge in [0.25, 0.3) is 5.91 Å². The summed E-state index contributed by atoms with van der Waals surface area (Å²) < 4.78 is 4.83. The van der Waals surface area contributed by atoms with Gasteiger partial charge < -0.3 is 10.1 Å². The lowest BCUT2D eigenvalue weighted by Crippen LogP contribution is -2.41. The Balaban J connectivity index is 1.72. The van der Waals surface area contributed by atoms with Crippen LogP contribution in [-0.4, -0.2) is 24.5 Å². The van der Waals surface area contributed by atoms with E-state index in [2.05, 4.69) is 10.6 Å². The summed E-state index contributed by atoms with van der Waals surface area (Å²) >= 11 is 11.9. The molecule has 0 saturated heterocycles. The van der Waals surface area contributed by atoms with Gasteiger partial charge in [-0.15, -0.1) is 0 Å². The van der Waals surface area contributed by atoms with E-state index in [1.165, 1.54) is 0 Å². The number of carbonyl (C=O) groups excluding carboxylic acids is 3. The topological polar surface area (TPSA) is 84.5 Å². The van der Waals surface area contributed by atoms with Crippen LogP contribution in [0.1, 0.15) is 11.1 Å². The molecule has 0 aromatic heterocycles. The molecule has 2 rings (SSSR count). The van der Waals surface area contributed by atoms with Crippen molar-refractivity contribution < 1.29 is 19.1 Å². The molecule has 0 saturated carbocycles. The summed E-state index contributed by atoms with van der Waals surface area (Å²) in [5.74, 6) is -1.42. The van der Waals surface area contributed by atoms with E-state index in [9.17, 15) is 14.4 Å². The molecule has 6 nitrogen and oxygen atoms in total. The highest BCUT2D eigenvalue weighted by atomic mass is 35.5. The maximum Gasteiger partial charge on any atom is 0.321 e. The van der Waals surface area contributed by atoms with Gasteiger partial charge in [0.05, 0.1) is 6.42 Å². The lowest BCUT2D eigenvalue weighted by Gasteiger charge is -2.09. The molecule has 0 radical (unpaired) electrons. The van der Waals surface area contributed by atoms with Gasteiger partial charge in [0, 0.05) is 22.2 Å². The van der Waals surface area contributed by atoms with Crippen molar-refractivity contribution in [1.82, 2.24) is 10.6 Å². The van der Waals surface area contributed by atoms with Crippen LogP contribution in [0.5, 0.6) is 0 Å². The highest BCUT2D eigenvalue weighted by Gasteiger charge is 2.14. The lowest BCUT2D eigenvalue weighted by atomic mass is 10.1. The molecule has 2 aromatic carbocycles. The Kier molecular flexibility index (Phi) is 7.44. The Labute approximate surface area is 160 Å². The van der Waals surface area contributed by atoms with E-state index in [1.54, 1.807) is 18.2 Å². The zero-order chi connectivity index (χ0) is 18.9. The SMILES string of the molecule is O=C(COC(=O)Cc1c(Cl)cccc1Cl)NC(=O)NCc1ccccc1. The standard InChI is InChI=1S/C18H16Cl2N2O4/c19-14-7-4-8-15(20)13(14)9-17(24)26-11-16(23)22-18(25)21-10-12-5-2-1-3-6-12/h1-8H,9-11H2,(H2,21,22,23,25). The second-order valence-electron chi connectivity index (χ2n) is 5.25. The largest absolute Gasteiger partial charge is 0.455 e. The predicted octanol–water partition coefficient (Wildman–Crippen LogP) is 3.11. The molecule has 0 heterocycles. The smallest absolute Gasteiger partial charge is 0.321 e. The molecule has 0 unspecified atom stereocenters. The second-order valence-corrected chi connectivity index (χ2v) is 6.07. The summed E-state index contributed by atoms with van der Waals surface area (Å²) in [5, 5.41) is 5.27. The summed E-state index contributed by atoms with van der Waals surface area (Å²) in [4.78, 5) is 35.1. The first kappa shape index (κ1) is 19.8. The minimum Gasteiger partial charge on any atom is -0.455 e. The fourth-order valence-electron chi connectivity index (χ4n) is 2.03. The van der Waals surface area contributed by atoms with Crippen LogP contribution in [0, 0.1) is 0 Å². The van der Waals surface area contributed by atoms with Gasteiger partial charge in [-0.05, 0) is 17.7 Å². The van der Waals surface area contributed by atoms with Gasteiger partial charge in [-0.25, -0.2) is 4.79 Å². The van der Waals surface area contributed by atoms with E-state index in [1.807, 2.05) is 30.3 Å². The number of halogens is 2. The molecule has 2 aromatic rings. The zero-order valence-corrected chi connectivity index (χ0v) is 15.1. The van der Waals surface area contributed by atoms with Crippen LogP contribution in [-0.2, 0) is 27.3 Å². The number of rotatable bonds is 6. The monoisotopic (exact) mass is 394 g/mol. The molecule has 136 valence electrons. The summed E-state index contributed by atoms with van der Waals surface area (Å²) in [5.41, 5.74) is 1.31. The maximum atomic E-state index is 11.8. The van der Waals surface area contributed by atoms with E-state index in [0.29, 0.717) is 15.6 Å². The van der Waals surface area contributed by atoms with Crippen LogP contribution in [0.2, 0.25) is 10.0 Å². The van der Waals surface area contributed by atoms with Crippen molar-refractivity contribution in [1.29, 1.82) is 0 Å². The Bertz CT molecular complexity index is 777. The first-order valence-corrected chi connectivity index (χ1v) is 8.41. The third-order valence-electron chi connectivity index (χ3n) is 3.30. The molecule has 26 heavy (non-hydrogen) atoms. The van der Waals surface area contributed by atoms with Gasteiger partial charge in [0.15, 0.2) is 6.61 Å². The van der Waals surface area contributed by atoms with E-state index >= 15 is 0 Å². The molecule has 8 heteroatoms. The van der Waals surface area contributed by atoms with Crippen LogP contribution in [0.3, 0.4) is 0 Å². The number of carbonyl (C=O) groups is 3. The average molecular weight is 395 g/mol. The van der Waals surface area contributed by atoms with Gasteiger partial charge in [-0.3, -0.25) is 14.9 Å².